The molecule has 4 rings (SSSR count). The van der Waals surface area contributed by atoms with E-state index in [4.69, 9.17) is 4.74 Å². The van der Waals surface area contributed by atoms with Gasteiger partial charge in [0.05, 0.1) is 25.6 Å². The molecule has 1 fully saturated rings. The number of halogens is 1. The molecule has 2 aliphatic rings. The minimum atomic E-state index is -0.482. The van der Waals surface area contributed by atoms with E-state index >= 15 is 0 Å². The van der Waals surface area contributed by atoms with Gasteiger partial charge >= 0.3 is 6.03 Å². The summed E-state index contributed by atoms with van der Waals surface area (Å²) in [7, 11) is 1.64. The van der Waals surface area contributed by atoms with Crippen LogP contribution in [-0.2, 0) is 16.0 Å². The van der Waals surface area contributed by atoms with Crippen LogP contribution >= 0.6 is 0 Å². The van der Waals surface area contributed by atoms with Crippen LogP contribution in [0.4, 0.5) is 20.6 Å². The second-order valence-corrected chi connectivity index (χ2v) is 10.3. The minimum absolute atomic E-state index is 0.0314. The number of likely N-dealkylation sites (N-methyl/N-ethyl adjacent to an activating group) is 1. The van der Waals surface area contributed by atoms with Crippen molar-refractivity contribution >= 4 is 29.2 Å². The molecule has 1 saturated carbocycles. The molecule has 1 aliphatic carbocycles. The summed E-state index contributed by atoms with van der Waals surface area (Å²) in [5, 5.41) is 15.5. The average molecular weight is 527 g/mol. The highest BCUT2D eigenvalue weighted by Gasteiger charge is 2.33. The minimum Gasteiger partial charge on any atom is -0.488 e. The quantitative estimate of drug-likeness (QED) is 0.512. The molecule has 204 valence electrons. The van der Waals surface area contributed by atoms with Gasteiger partial charge in [-0.1, -0.05) is 6.92 Å². The fourth-order valence-corrected chi connectivity index (χ4v) is 4.42. The predicted octanol–water partition coefficient (Wildman–Crippen LogP) is 3.49. The van der Waals surface area contributed by atoms with Crippen molar-refractivity contribution < 1.29 is 28.6 Å². The highest BCUT2D eigenvalue weighted by Crippen LogP contribution is 2.32. The highest BCUT2D eigenvalue weighted by atomic mass is 19.1. The first-order chi connectivity index (χ1) is 18.1. The summed E-state index contributed by atoms with van der Waals surface area (Å²) in [6, 6.07) is 9.97. The number of nitrogens with zero attached hydrogens (tertiary/aromatic N) is 2. The topological polar surface area (TPSA) is 111 Å². The number of urea groups is 1. The number of fused-ring (bicyclic) bond motifs is 1. The van der Waals surface area contributed by atoms with E-state index in [1.807, 2.05) is 6.92 Å². The van der Waals surface area contributed by atoms with Crippen LogP contribution in [0.3, 0.4) is 0 Å². The van der Waals surface area contributed by atoms with Crippen molar-refractivity contribution in [1.82, 2.24) is 9.80 Å². The van der Waals surface area contributed by atoms with Crippen LogP contribution in [0.5, 0.6) is 5.75 Å². The van der Waals surface area contributed by atoms with Crippen LogP contribution in [0, 0.1) is 17.7 Å². The Bertz CT molecular complexity index is 1170. The summed E-state index contributed by atoms with van der Waals surface area (Å²) in [6.07, 6.45) is 1.33. The van der Waals surface area contributed by atoms with Crippen LogP contribution in [0.15, 0.2) is 42.5 Å². The van der Waals surface area contributed by atoms with Gasteiger partial charge in [0.2, 0.25) is 11.8 Å². The van der Waals surface area contributed by atoms with Gasteiger partial charge < -0.3 is 30.3 Å². The lowest BCUT2D eigenvalue weighted by atomic mass is 10.0. The van der Waals surface area contributed by atoms with Crippen molar-refractivity contribution in [3.05, 3.63) is 53.8 Å². The molecule has 38 heavy (non-hydrogen) atoms. The molecule has 0 bridgehead atoms. The molecule has 1 heterocycles. The van der Waals surface area contributed by atoms with Crippen molar-refractivity contribution in [2.45, 2.75) is 45.3 Å². The number of hydrogen-bond acceptors (Lipinski definition) is 5. The van der Waals surface area contributed by atoms with E-state index in [0.717, 1.165) is 12.8 Å². The molecule has 2 aromatic carbocycles. The third kappa shape index (κ3) is 6.80. The number of rotatable bonds is 7. The van der Waals surface area contributed by atoms with E-state index < -0.39 is 18.0 Å². The lowest BCUT2D eigenvalue weighted by Crippen LogP contribution is -2.48. The van der Waals surface area contributed by atoms with Gasteiger partial charge in [0.1, 0.15) is 17.7 Å². The fraction of sp³-hybridized carbons (Fsp3) is 0.464. The standard InChI is InChI=1S/C28H35FN4O5/c1-17-14-33(18(2)16-34)26(35)13-20-12-23(30-27(36)19-4-5-19)10-11-24(20)38-25(17)15-32(3)28(37)31-22-8-6-21(29)7-9-22/h6-12,17-19,25,34H,4-5,13-16H2,1-3H3,(H,30,36)(H,31,37)/t17-,18+,25+/m1/s1. The van der Waals surface area contributed by atoms with Crippen LogP contribution < -0.4 is 15.4 Å². The number of aliphatic hydroxyl groups excluding tert-OH is 1. The summed E-state index contributed by atoms with van der Waals surface area (Å²) < 4.78 is 19.6. The summed E-state index contributed by atoms with van der Waals surface area (Å²) >= 11 is 0. The molecular weight excluding hydrogens is 491 g/mol. The smallest absolute Gasteiger partial charge is 0.321 e. The molecule has 0 saturated heterocycles. The van der Waals surface area contributed by atoms with Crippen molar-refractivity contribution in [2.75, 3.05) is 37.4 Å². The second kappa shape index (κ2) is 11.8. The first kappa shape index (κ1) is 27.4. The molecule has 10 heteroatoms. The van der Waals surface area contributed by atoms with Gasteiger partial charge in [0.25, 0.3) is 0 Å². The van der Waals surface area contributed by atoms with Crippen LogP contribution in [0.25, 0.3) is 0 Å². The lowest BCUT2D eigenvalue weighted by molar-refractivity contribution is -0.134. The molecule has 0 aromatic heterocycles. The third-order valence-corrected chi connectivity index (χ3v) is 7.03. The lowest BCUT2D eigenvalue weighted by Gasteiger charge is -2.34. The maximum Gasteiger partial charge on any atom is 0.321 e. The summed E-state index contributed by atoms with van der Waals surface area (Å²) in [5.41, 5.74) is 1.68. The van der Waals surface area contributed by atoms with Crippen molar-refractivity contribution in [2.24, 2.45) is 11.8 Å². The first-order valence-corrected chi connectivity index (χ1v) is 12.9. The van der Waals surface area contributed by atoms with Gasteiger partial charge in [-0.25, -0.2) is 9.18 Å². The fourth-order valence-electron chi connectivity index (χ4n) is 4.42. The SMILES string of the molecule is C[C@@H]1CN([C@@H](C)CO)C(=O)Cc2cc(NC(=O)C3CC3)ccc2O[C@H]1CN(C)C(=O)Nc1ccc(F)cc1. The zero-order chi connectivity index (χ0) is 27.4. The van der Waals surface area contributed by atoms with E-state index in [2.05, 4.69) is 10.6 Å². The van der Waals surface area contributed by atoms with Crippen LogP contribution in [-0.4, -0.2) is 71.6 Å². The molecule has 9 nitrogen and oxygen atoms in total. The number of amides is 4. The zero-order valence-electron chi connectivity index (χ0n) is 21.9. The average Bonchev–Trinajstić information content (AvgIpc) is 3.74. The van der Waals surface area contributed by atoms with E-state index in [1.54, 1.807) is 37.1 Å². The third-order valence-electron chi connectivity index (χ3n) is 7.03. The molecule has 0 radical (unpaired) electrons. The number of nitrogens with one attached hydrogen (secondary N) is 2. The molecule has 4 amide bonds. The predicted molar refractivity (Wildman–Crippen MR) is 141 cm³/mol. The number of aliphatic hydroxyl groups is 1. The van der Waals surface area contributed by atoms with Gasteiger partial charge in [-0.2, -0.15) is 0 Å². The number of hydrogen-bond donors (Lipinski definition) is 3. The maximum atomic E-state index is 13.3. The number of carbonyl (C=O) groups is 3. The summed E-state index contributed by atoms with van der Waals surface area (Å²) in [6.45, 7) is 4.08. The first-order valence-electron chi connectivity index (χ1n) is 12.9. The molecule has 2 aromatic rings. The highest BCUT2D eigenvalue weighted by molar-refractivity contribution is 5.94. The van der Waals surface area contributed by atoms with E-state index in [-0.39, 0.29) is 49.3 Å². The van der Waals surface area contributed by atoms with Crippen molar-refractivity contribution in [1.29, 1.82) is 0 Å². The second-order valence-electron chi connectivity index (χ2n) is 10.3. The Kier molecular flexibility index (Phi) is 8.51. The number of carbonyl (C=O) groups excluding carboxylic acids is 3. The van der Waals surface area contributed by atoms with Crippen LogP contribution in [0.2, 0.25) is 0 Å². The largest absolute Gasteiger partial charge is 0.488 e. The Morgan fingerprint density at radius 1 is 1.16 bits per heavy atom. The number of benzene rings is 2. The maximum absolute atomic E-state index is 13.3. The van der Waals surface area contributed by atoms with Crippen molar-refractivity contribution in [3.63, 3.8) is 0 Å². The van der Waals surface area contributed by atoms with E-state index in [1.165, 1.54) is 29.2 Å². The van der Waals surface area contributed by atoms with E-state index in [0.29, 0.717) is 29.2 Å². The number of ether oxygens (including phenoxy) is 1. The Morgan fingerprint density at radius 2 is 1.84 bits per heavy atom. The Hall–Kier alpha value is -3.66. The normalized spacial score (nSPS) is 20.2. The number of anilines is 2. The van der Waals surface area contributed by atoms with Gasteiger partial charge in [-0.05, 0) is 62.2 Å². The zero-order valence-corrected chi connectivity index (χ0v) is 21.9. The van der Waals surface area contributed by atoms with Gasteiger partial charge in [0.15, 0.2) is 0 Å². The summed E-state index contributed by atoms with van der Waals surface area (Å²) in [4.78, 5) is 41.6. The van der Waals surface area contributed by atoms with Gasteiger partial charge in [-0.15, -0.1) is 0 Å². The van der Waals surface area contributed by atoms with Crippen LogP contribution in [0.1, 0.15) is 32.3 Å². The Morgan fingerprint density at radius 3 is 2.50 bits per heavy atom. The molecule has 0 spiro atoms. The molecule has 3 N–H and O–H groups in total. The molecular formula is C28H35FN4O5. The Labute approximate surface area is 221 Å². The van der Waals surface area contributed by atoms with E-state index in [9.17, 15) is 23.9 Å². The van der Waals surface area contributed by atoms with Gasteiger partial charge in [0, 0.05) is 42.4 Å². The molecule has 0 unspecified atom stereocenters. The molecule has 3 atom stereocenters. The summed E-state index contributed by atoms with van der Waals surface area (Å²) in [5.74, 6) is -0.220. The molecule has 1 aliphatic heterocycles. The van der Waals surface area contributed by atoms with Gasteiger partial charge in [-0.3, -0.25) is 9.59 Å². The Balaban J connectivity index is 1.56. The monoisotopic (exact) mass is 526 g/mol. The van der Waals surface area contributed by atoms with Crippen molar-refractivity contribution in [3.8, 4) is 5.75 Å².